The van der Waals surface area contributed by atoms with Gasteiger partial charge in [-0.3, -0.25) is 14.5 Å². The van der Waals surface area contributed by atoms with Gasteiger partial charge in [0.05, 0.1) is 0 Å². The maximum Gasteiger partial charge on any atom is 0.240 e. The van der Waals surface area contributed by atoms with Crippen molar-refractivity contribution >= 4 is 17.5 Å². The van der Waals surface area contributed by atoms with Crippen LogP contribution in [0.3, 0.4) is 0 Å². The van der Waals surface area contributed by atoms with Gasteiger partial charge in [0.15, 0.2) is 0 Å². The van der Waals surface area contributed by atoms with Crippen molar-refractivity contribution < 1.29 is 18.4 Å². The van der Waals surface area contributed by atoms with Gasteiger partial charge >= 0.3 is 0 Å². The Labute approximate surface area is 116 Å². The van der Waals surface area contributed by atoms with E-state index in [-0.39, 0.29) is 5.92 Å². The van der Waals surface area contributed by atoms with E-state index in [1.165, 1.54) is 6.07 Å². The Balaban J connectivity index is 2.90. The number of carbonyl (C=O) groups is 2. The van der Waals surface area contributed by atoms with Crippen molar-refractivity contribution in [1.29, 1.82) is 0 Å². The maximum absolute atomic E-state index is 13.7. The summed E-state index contributed by atoms with van der Waals surface area (Å²) < 4.78 is 27.3. The lowest BCUT2D eigenvalue weighted by Crippen LogP contribution is -2.41. The van der Waals surface area contributed by atoms with Gasteiger partial charge in [-0.2, -0.15) is 0 Å². The predicted octanol–water partition coefficient (Wildman–Crippen LogP) is 2.09. The predicted molar refractivity (Wildman–Crippen MR) is 72.2 cm³/mol. The van der Waals surface area contributed by atoms with E-state index >= 15 is 0 Å². The molecule has 1 aromatic rings. The molecule has 4 nitrogen and oxygen atoms in total. The van der Waals surface area contributed by atoms with Crippen LogP contribution in [-0.4, -0.2) is 24.9 Å². The van der Waals surface area contributed by atoms with E-state index in [0.29, 0.717) is 6.54 Å². The smallest absolute Gasteiger partial charge is 0.240 e. The number of hydrogen-bond donors (Lipinski definition) is 1. The van der Waals surface area contributed by atoms with Gasteiger partial charge in [-0.15, -0.1) is 0 Å². The largest absolute Gasteiger partial charge is 0.354 e. The van der Waals surface area contributed by atoms with Crippen molar-refractivity contribution in [3.63, 3.8) is 0 Å². The summed E-state index contributed by atoms with van der Waals surface area (Å²) in [5, 5.41) is 2.60. The number of para-hydroxylation sites is 1. The standard InChI is InChI=1S/C14H18F2N2O2/c1-9(2)7-17-13(20)8-18(10(3)19)14-11(15)5-4-6-12(14)16/h4-6,9H,7-8H2,1-3H3,(H,17,20). The monoisotopic (exact) mass is 284 g/mol. The zero-order valence-corrected chi connectivity index (χ0v) is 11.7. The van der Waals surface area contributed by atoms with E-state index < -0.39 is 35.7 Å². The van der Waals surface area contributed by atoms with Crippen LogP contribution >= 0.6 is 0 Å². The molecule has 0 radical (unpaired) electrons. The van der Waals surface area contributed by atoms with Gasteiger partial charge in [-0.1, -0.05) is 19.9 Å². The van der Waals surface area contributed by atoms with Crippen molar-refractivity contribution in [3.8, 4) is 0 Å². The molecule has 0 saturated carbocycles. The molecule has 0 fully saturated rings. The minimum atomic E-state index is -0.878. The Morgan fingerprint density at radius 3 is 2.25 bits per heavy atom. The van der Waals surface area contributed by atoms with Crippen LogP contribution in [0.15, 0.2) is 18.2 Å². The molecular weight excluding hydrogens is 266 g/mol. The van der Waals surface area contributed by atoms with Gasteiger partial charge in [-0.25, -0.2) is 8.78 Å². The van der Waals surface area contributed by atoms with E-state index in [4.69, 9.17) is 0 Å². The minimum Gasteiger partial charge on any atom is -0.354 e. The Morgan fingerprint density at radius 1 is 1.25 bits per heavy atom. The number of carbonyl (C=O) groups excluding carboxylic acids is 2. The maximum atomic E-state index is 13.7. The first-order chi connectivity index (χ1) is 9.32. The van der Waals surface area contributed by atoms with Crippen LogP contribution in [0.1, 0.15) is 20.8 Å². The van der Waals surface area contributed by atoms with Gasteiger partial charge in [-0.05, 0) is 18.1 Å². The summed E-state index contributed by atoms with van der Waals surface area (Å²) in [6.45, 7) is 5.00. The molecule has 1 N–H and O–H groups in total. The average molecular weight is 284 g/mol. The zero-order chi connectivity index (χ0) is 15.3. The molecule has 0 spiro atoms. The zero-order valence-electron chi connectivity index (χ0n) is 11.7. The molecule has 110 valence electrons. The fourth-order valence-corrected chi connectivity index (χ4v) is 1.61. The first-order valence-electron chi connectivity index (χ1n) is 6.31. The van der Waals surface area contributed by atoms with Crippen molar-refractivity contribution in [2.24, 2.45) is 5.92 Å². The van der Waals surface area contributed by atoms with Crippen molar-refractivity contribution in [3.05, 3.63) is 29.8 Å². The van der Waals surface area contributed by atoms with Gasteiger partial charge < -0.3 is 5.32 Å². The van der Waals surface area contributed by atoms with Crippen molar-refractivity contribution in [2.75, 3.05) is 18.0 Å². The summed E-state index contributed by atoms with van der Waals surface area (Å²) in [5.74, 6) is -2.58. The molecule has 0 unspecified atom stereocenters. The normalized spacial score (nSPS) is 10.5. The van der Waals surface area contributed by atoms with E-state index in [0.717, 1.165) is 24.0 Å². The molecule has 0 aliphatic rings. The molecule has 1 rings (SSSR count). The first kappa shape index (κ1) is 16.1. The van der Waals surface area contributed by atoms with Crippen molar-refractivity contribution in [1.82, 2.24) is 5.32 Å². The highest BCUT2D eigenvalue weighted by Crippen LogP contribution is 2.23. The summed E-state index contributed by atoms with van der Waals surface area (Å²) in [5.41, 5.74) is -0.500. The van der Waals surface area contributed by atoms with Crippen LogP contribution in [0.2, 0.25) is 0 Å². The fourth-order valence-electron chi connectivity index (χ4n) is 1.61. The molecule has 6 heteroatoms. The van der Waals surface area contributed by atoms with Crippen LogP contribution in [0.25, 0.3) is 0 Å². The third kappa shape index (κ3) is 4.29. The molecule has 2 amide bonds. The summed E-state index contributed by atoms with van der Waals surface area (Å²) >= 11 is 0. The molecule has 0 saturated heterocycles. The summed E-state index contributed by atoms with van der Waals surface area (Å²) in [6, 6.07) is 3.28. The Bertz CT molecular complexity index is 484. The topological polar surface area (TPSA) is 49.4 Å². The first-order valence-corrected chi connectivity index (χ1v) is 6.31. The summed E-state index contributed by atoms with van der Waals surface area (Å²) in [4.78, 5) is 24.0. The Morgan fingerprint density at radius 2 is 1.80 bits per heavy atom. The number of amides is 2. The second-order valence-electron chi connectivity index (χ2n) is 4.87. The Hall–Kier alpha value is -1.98. The van der Waals surface area contributed by atoms with Gasteiger partial charge in [0.2, 0.25) is 11.8 Å². The lowest BCUT2D eigenvalue weighted by molar-refractivity contribution is -0.123. The highest BCUT2D eigenvalue weighted by molar-refractivity contribution is 5.97. The van der Waals surface area contributed by atoms with Gasteiger partial charge in [0.25, 0.3) is 0 Å². The minimum absolute atomic E-state index is 0.245. The molecule has 0 bridgehead atoms. The molecule has 1 aromatic carbocycles. The number of hydrogen-bond acceptors (Lipinski definition) is 2. The lowest BCUT2D eigenvalue weighted by atomic mass is 10.2. The molecule has 0 aromatic heterocycles. The van der Waals surface area contributed by atoms with Crippen LogP contribution in [0, 0.1) is 17.6 Å². The van der Waals surface area contributed by atoms with E-state index in [1.807, 2.05) is 13.8 Å². The molecule has 0 heterocycles. The SMILES string of the molecule is CC(=O)N(CC(=O)NCC(C)C)c1c(F)cccc1F. The second kappa shape index (κ2) is 6.98. The van der Waals surface area contributed by atoms with Crippen LogP contribution in [-0.2, 0) is 9.59 Å². The number of rotatable bonds is 5. The number of nitrogens with zero attached hydrogens (tertiary/aromatic N) is 1. The average Bonchev–Trinajstić information content (AvgIpc) is 2.34. The molecule has 20 heavy (non-hydrogen) atoms. The van der Waals surface area contributed by atoms with E-state index in [9.17, 15) is 18.4 Å². The third-order valence-electron chi connectivity index (χ3n) is 2.60. The quantitative estimate of drug-likeness (QED) is 0.900. The highest BCUT2D eigenvalue weighted by atomic mass is 19.1. The molecule has 0 aliphatic carbocycles. The third-order valence-corrected chi connectivity index (χ3v) is 2.60. The summed E-state index contributed by atoms with van der Waals surface area (Å²) in [6.07, 6.45) is 0. The highest BCUT2D eigenvalue weighted by Gasteiger charge is 2.22. The van der Waals surface area contributed by atoms with E-state index in [1.54, 1.807) is 0 Å². The van der Waals surface area contributed by atoms with Crippen LogP contribution in [0.5, 0.6) is 0 Å². The fraction of sp³-hybridized carbons (Fsp3) is 0.429. The second-order valence-corrected chi connectivity index (χ2v) is 4.87. The Kier molecular flexibility index (Phi) is 5.61. The van der Waals surface area contributed by atoms with Crippen molar-refractivity contribution in [2.45, 2.75) is 20.8 Å². The number of benzene rings is 1. The molecular formula is C14H18F2N2O2. The molecule has 0 atom stereocenters. The van der Waals surface area contributed by atoms with Crippen LogP contribution < -0.4 is 10.2 Å². The van der Waals surface area contributed by atoms with Gasteiger partial charge in [0, 0.05) is 13.5 Å². The van der Waals surface area contributed by atoms with E-state index in [2.05, 4.69) is 5.32 Å². The summed E-state index contributed by atoms with van der Waals surface area (Å²) in [7, 11) is 0. The van der Waals surface area contributed by atoms with Gasteiger partial charge in [0.1, 0.15) is 23.9 Å². The number of anilines is 1. The van der Waals surface area contributed by atoms with Crippen LogP contribution in [0.4, 0.5) is 14.5 Å². The molecule has 0 aliphatic heterocycles. The number of halogens is 2. The number of nitrogens with one attached hydrogen (secondary N) is 1. The lowest BCUT2D eigenvalue weighted by Gasteiger charge is -2.22.